The van der Waals surface area contributed by atoms with Crippen molar-refractivity contribution in [3.8, 4) is 0 Å². The molecule has 2 aliphatic rings. The molecule has 0 aliphatic carbocycles. The zero-order chi connectivity index (χ0) is 16.2. The molecule has 23 heavy (non-hydrogen) atoms. The van der Waals surface area contributed by atoms with Crippen molar-refractivity contribution in [3.63, 3.8) is 0 Å². The van der Waals surface area contributed by atoms with Crippen LogP contribution in [0.1, 0.15) is 6.23 Å². The lowest BCUT2D eigenvalue weighted by molar-refractivity contribution is -0.0664. The lowest BCUT2D eigenvalue weighted by Crippen LogP contribution is -2.39. The number of nitrogens with one attached hydrogen (secondary N) is 1. The number of ether oxygens (including phenoxy) is 1. The average Bonchev–Trinajstić information content (AvgIpc) is 3.08. The van der Waals surface area contributed by atoms with Crippen LogP contribution in [0, 0.1) is 0 Å². The zero-order valence-electron chi connectivity index (χ0n) is 11.4. The highest BCUT2D eigenvalue weighted by atomic mass is 31.2. The maximum atomic E-state index is 11.5. The first-order valence-electron chi connectivity index (χ1n) is 6.57. The van der Waals surface area contributed by atoms with Crippen LogP contribution in [0.25, 0.3) is 11.2 Å². The van der Waals surface area contributed by atoms with Gasteiger partial charge in [0.2, 0.25) is 0 Å². The minimum atomic E-state index is -4.19. The van der Waals surface area contributed by atoms with Crippen LogP contribution in [0.3, 0.4) is 0 Å². The number of aromatic nitrogens is 4. The van der Waals surface area contributed by atoms with Gasteiger partial charge >= 0.3 is 7.82 Å². The number of phosphoric acid groups is 1. The van der Waals surface area contributed by atoms with Crippen molar-refractivity contribution in [2.24, 2.45) is 0 Å². The first kappa shape index (κ1) is 14.9. The summed E-state index contributed by atoms with van der Waals surface area (Å²) in [5.74, 6) is 0.0955. The molecule has 2 aromatic rings. The Morgan fingerprint density at radius 3 is 3.00 bits per heavy atom. The number of nitrogens with zero attached hydrogens (tertiary/aromatic N) is 4. The summed E-state index contributed by atoms with van der Waals surface area (Å²) in [6, 6.07) is 0. The van der Waals surface area contributed by atoms with Gasteiger partial charge in [-0.2, -0.15) is 0 Å². The van der Waals surface area contributed by atoms with Crippen LogP contribution >= 0.6 is 7.82 Å². The molecule has 3 unspecified atom stereocenters. The van der Waals surface area contributed by atoms with Crippen LogP contribution in [0.2, 0.25) is 0 Å². The lowest BCUT2D eigenvalue weighted by atomic mass is 10.1. The molecule has 0 saturated carbocycles. The van der Waals surface area contributed by atoms with E-state index in [4.69, 9.17) is 14.5 Å². The second-order valence-corrected chi connectivity index (χ2v) is 6.45. The summed E-state index contributed by atoms with van der Waals surface area (Å²) in [5, 5.41) is 19.4. The molecule has 5 atom stereocenters. The van der Waals surface area contributed by atoms with Crippen molar-refractivity contribution in [1.29, 1.82) is 0 Å². The van der Waals surface area contributed by atoms with Crippen LogP contribution < -0.4 is 5.48 Å². The first-order valence-corrected chi connectivity index (χ1v) is 8.06. The molecule has 0 spiro atoms. The quantitative estimate of drug-likeness (QED) is 0.406. The van der Waals surface area contributed by atoms with E-state index < -0.39 is 32.4 Å². The monoisotopic (exact) mass is 345 g/mol. The van der Waals surface area contributed by atoms with E-state index in [0.29, 0.717) is 5.65 Å². The fourth-order valence-electron chi connectivity index (χ4n) is 2.69. The molecule has 4 heterocycles. The Labute approximate surface area is 128 Å². The van der Waals surface area contributed by atoms with E-state index in [1.165, 1.54) is 17.2 Å². The van der Waals surface area contributed by atoms with Gasteiger partial charge in [0.1, 0.15) is 24.6 Å². The highest BCUT2D eigenvalue weighted by Crippen LogP contribution is 2.52. The van der Waals surface area contributed by atoms with E-state index in [1.54, 1.807) is 0 Å². The maximum absolute atomic E-state index is 11.5. The lowest BCUT2D eigenvalue weighted by Gasteiger charge is -2.27. The van der Waals surface area contributed by atoms with Gasteiger partial charge in [-0.05, 0) is 0 Å². The van der Waals surface area contributed by atoms with Crippen LogP contribution in [0.15, 0.2) is 12.7 Å². The molecule has 0 aromatic carbocycles. The molecule has 2 fully saturated rings. The van der Waals surface area contributed by atoms with Crippen LogP contribution in [0.4, 0.5) is 5.82 Å². The third-order valence-electron chi connectivity index (χ3n) is 3.71. The molecule has 4 rings (SSSR count). The van der Waals surface area contributed by atoms with E-state index in [-0.39, 0.29) is 17.9 Å². The van der Waals surface area contributed by atoms with Crippen molar-refractivity contribution < 1.29 is 33.6 Å². The van der Waals surface area contributed by atoms with Gasteiger partial charge in [0.15, 0.2) is 23.2 Å². The summed E-state index contributed by atoms with van der Waals surface area (Å²) in [6.45, 7) is -0.183. The molecule has 0 amide bonds. The van der Waals surface area contributed by atoms with Gasteiger partial charge in [0.05, 0.1) is 12.9 Å². The fraction of sp³-hybridized carbons (Fsp3) is 0.500. The summed E-state index contributed by atoms with van der Waals surface area (Å²) in [6.07, 6.45) is -1.35. The average molecular weight is 345 g/mol. The Kier molecular flexibility index (Phi) is 3.35. The number of imidazole rings is 1. The van der Waals surface area contributed by atoms with Gasteiger partial charge < -0.3 is 14.7 Å². The highest BCUT2D eigenvalue weighted by molar-refractivity contribution is 7.47. The van der Waals surface area contributed by atoms with Crippen LogP contribution in [0.5, 0.6) is 0 Å². The summed E-state index contributed by atoms with van der Waals surface area (Å²) >= 11 is 0. The largest absolute Gasteiger partial charge is 0.472 e. The molecule has 12 nitrogen and oxygen atoms in total. The van der Waals surface area contributed by atoms with E-state index in [1.807, 2.05) is 5.48 Å². The molecule has 13 heteroatoms. The number of rotatable bonds is 2. The maximum Gasteiger partial charge on any atom is 0.472 e. The third-order valence-corrected chi connectivity index (χ3v) is 4.69. The van der Waals surface area contributed by atoms with Crippen molar-refractivity contribution in [3.05, 3.63) is 12.7 Å². The number of hydrogen-bond donors (Lipinski definition) is 4. The van der Waals surface area contributed by atoms with Crippen molar-refractivity contribution in [2.45, 2.75) is 24.5 Å². The van der Waals surface area contributed by atoms with Gasteiger partial charge in [0, 0.05) is 0 Å². The predicted molar refractivity (Wildman–Crippen MR) is 71.3 cm³/mol. The summed E-state index contributed by atoms with van der Waals surface area (Å²) in [4.78, 5) is 21.3. The molecule has 0 bridgehead atoms. The number of fused-ring (bicyclic) bond motifs is 2. The zero-order valence-corrected chi connectivity index (χ0v) is 12.3. The molecular formula is C10H12N5O7P. The normalized spacial score (nSPS) is 37.0. The van der Waals surface area contributed by atoms with Crippen LogP contribution in [-0.2, 0) is 18.3 Å². The van der Waals surface area contributed by atoms with Crippen molar-refractivity contribution >= 4 is 24.8 Å². The van der Waals surface area contributed by atoms with Gasteiger partial charge in [-0.15, -0.1) is 0 Å². The first-order chi connectivity index (χ1) is 11.0. The SMILES string of the molecule is O=P1(O)OCC2O[C@@H](n3cnc4c(NO)ncnc43)[C@H](O)C2O1. The molecule has 0 radical (unpaired) electrons. The second-order valence-electron chi connectivity index (χ2n) is 5.05. The third kappa shape index (κ3) is 2.32. The van der Waals surface area contributed by atoms with Gasteiger partial charge in [-0.25, -0.2) is 19.5 Å². The molecule has 4 N–H and O–H groups in total. The van der Waals surface area contributed by atoms with Gasteiger partial charge in [0.25, 0.3) is 0 Å². The predicted octanol–water partition coefficient (Wildman–Crippen LogP) is -0.599. The summed E-state index contributed by atoms with van der Waals surface area (Å²) < 4.78 is 28.1. The minimum absolute atomic E-state index is 0.0955. The fourth-order valence-corrected chi connectivity index (χ4v) is 3.65. The van der Waals surface area contributed by atoms with Gasteiger partial charge in [-0.3, -0.25) is 24.3 Å². The summed E-state index contributed by atoms with van der Waals surface area (Å²) in [5.41, 5.74) is 2.47. The van der Waals surface area contributed by atoms with E-state index in [9.17, 15) is 14.6 Å². The Hall–Kier alpha value is -1.66. The minimum Gasteiger partial charge on any atom is -0.386 e. The number of aliphatic hydroxyl groups excluding tert-OH is 1. The number of hydrogen-bond acceptors (Lipinski definition) is 10. The van der Waals surface area contributed by atoms with Crippen LogP contribution in [-0.4, -0.2) is 59.6 Å². The number of aliphatic hydroxyl groups is 1. The Morgan fingerprint density at radius 1 is 1.39 bits per heavy atom. The second kappa shape index (κ2) is 5.18. The number of phosphoric ester groups is 1. The van der Waals surface area contributed by atoms with Crippen molar-refractivity contribution in [2.75, 3.05) is 12.1 Å². The van der Waals surface area contributed by atoms with E-state index in [0.717, 1.165) is 0 Å². The molecule has 2 aromatic heterocycles. The van der Waals surface area contributed by atoms with Crippen molar-refractivity contribution in [1.82, 2.24) is 19.5 Å². The smallest absolute Gasteiger partial charge is 0.386 e. The Bertz CT molecular complexity index is 799. The van der Waals surface area contributed by atoms with Gasteiger partial charge in [-0.1, -0.05) is 0 Å². The molecular weight excluding hydrogens is 333 g/mol. The standard InChI is InChI=1S/C10H12N5O7P/c16-6-7-4(1-20-23(18,19)22-7)21-10(6)15-3-13-5-8(14-17)11-2-12-9(5)15/h2-4,6-7,10,16-17H,1H2,(H,18,19)(H,11,12,14)/t4?,6-,7?,10-/m1/s1. The highest BCUT2D eigenvalue weighted by Gasteiger charge is 2.52. The molecule has 2 saturated heterocycles. The summed E-state index contributed by atoms with van der Waals surface area (Å²) in [7, 11) is -4.19. The van der Waals surface area contributed by atoms with E-state index >= 15 is 0 Å². The Morgan fingerprint density at radius 2 is 2.22 bits per heavy atom. The van der Waals surface area contributed by atoms with E-state index in [2.05, 4.69) is 19.5 Å². The number of anilines is 1. The molecule has 2 aliphatic heterocycles. The molecule has 124 valence electrons. The topological polar surface area (TPSA) is 161 Å². The Balaban J connectivity index is 1.71.